The van der Waals surface area contributed by atoms with E-state index in [0.29, 0.717) is 31.2 Å². The number of aromatic nitrogens is 2. The number of nitrogens with zero attached hydrogens (tertiary/aromatic N) is 3. The van der Waals surface area contributed by atoms with Crippen molar-refractivity contribution in [3.63, 3.8) is 0 Å². The van der Waals surface area contributed by atoms with Crippen molar-refractivity contribution in [1.82, 2.24) is 15.1 Å². The Morgan fingerprint density at radius 1 is 1.04 bits per heavy atom. The second kappa shape index (κ2) is 7.34. The van der Waals surface area contributed by atoms with Gasteiger partial charge < -0.3 is 13.7 Å². The quantitative estimate of drug-likeness (QED) is 0.687. The Morgan fingerprint density at radius 3 is 2.48 bits per heavy atom. The Bertz CT molecular complexity index is 849. The molecule has 0 radical (unpaired) electrons. The van der Waals surface area contributed by atoms with Gasteiger partial charge in [-0.15, -0.1) is 10.2 Å². The van der Waals surface area contributed by atoms with Crippen molar-refractivity contribution in [1.29, 1.82) is 0 Å². The van der Waals surface area contributed by atoms with Crippen LogP contribution in [-0.2, 0) is 17.8 Å². The molecule has 0 aliphatic heterocycles. The zero-order valence-corrected chi connectivity index (χ0v) is 14.7. The number of furan rings is 1. The lowest BCUT2D eigenvalue weighted by Gasteiger charge is -2.15. The minimum absolute atomic E-state index is 0.00383. The molecule has 3 rings (SSSR count). The van der Waals surface area contributed by atoms with Crippen molar-refractivity contribution in [2.24, 2.45) is 0 Å². The van der Waals surface area contributed by atoms with Gasteiger partial charge in [-0.1, -0.05) is 17.7 Å². The molecule has 0 N–H and O–H groups in total. The Balaban J connectivity index is 1.54. The molecule has 0 aliphatic rings. The van der Waals surface area contributed by atoms with Crippen molar-refractivity contribution in [3.05, 3.63) is 59.4 Å². The van der Waals surface area contributed by atoms with E-state index in [1.807, 2.05) is 50.2 Å². The standard InChI is InChI=1S/C19H21N3O3/c1-13-4-7-15(8-5-13)19-21-20-17(25-19)10-11-18(23)22(3)12-16-9-6-14(2)24-16/h4-9H,10-12H2,1-3H3. The van der Waals surface area contributed by atoms with Crippen LogP contribution in [0.15, 0.2) is 45.2 Å². The number of carbonyl (C=O) groups is 1. The van der Waals surface area contributed by atoms with Gasteiger partial charge in [0.05, 0.1) is 6.54 Å². The van der Waals surface area contributed by atoms with E-state index < -0.39 is 0 Å². The maximum absolute atomic E-state index is 12.2. The molecule has 2 aromatic heterocycles. The molecule has 0 spiro atoms. The van der Waals surface area contributed by atoms with E-state index in [1.165, 1.54) is 5.56 Å². The first-order valence-electron chi connectivity index (χ1n) is 8.20. The molecule has 130 valence electrons. The minimum Gasteiger partial charge on any atom is -0.464 e. The van der Waals surface area contributed by atoms with Crippen LogP contribution in [0.2, 0.25) is 0 Å². The Labute approximate surface area is 146 Å². The van der Waals surface area contributed by atoms with Crippen molar-refractivity contribution >= 4 is 5.91 Å². The lowest BCUT2D eigenvalue weighted by molar-refractivity contribution is -0.130. The SMILES string of the molecule is Cc1ccc(-c2nnc(CCC(=O)N(C)Cc3ccc(C)o3)o2)cc1. The summed E-state index contributed by atoms with van der Waals surface area (Å²) in [6.45, 7) is 4.35. The van der Waals surface area contributed by atoms with Gasteiger partial charge in [-0.05, 0) is 38.1 Å². The van der Waals surface area contributed by atoms with E-state index >= 15 is 0 Å². The number of rotatable bonds is 6. The third-order valence-electron chi connectivity index (χ3n) is 3.93. The molecule has 1 amide bonds. The third kappa shape index (κ3) is 4.35. The highest BCUT2D eigenvalue weighted by Gasteiger charge is 2.14. The zero-order chi connectivity index (χ0) is 17.8. The average Bonchev–Trinajstić information content (AvgIpc) is 3.22. The largest absolute Gasteiger partial charge is 0.464 e. The first kappa shape index (κ1) is 17.0. The summed E-state index contributed by atoms with van der Waals surface area (Å²) < 4.78 is 11.1. The lowest BCUT2D eigenvalue weighted by Crippen LogP contribution is -2.26. The van der Waals surface area contributed by atoms with Crippen LogP contribution >= 0.6 is 0 Å². The van der Waals surface area contributed by atoms with Crippen LogP contribution in [0.3, 0.4) is 0 Å². The summed E-state index contributed by atoms with van der Waals surface area (Å²) in [5, 5.41) is 8.08. The zero-order valence-electron chi connectivity index (χ0n) is 14.7. The van der Waals surface area contributed by atoms with E-state index in [-0.39, 0.29) is 5.91 Å². The van der Waals surface area contributed by atoms with Gasteiger partial charge in [0.15, 0.2) is 0 Å². The summed E-state index contributed by atoms with van der Waals surface area (Å²) in [4.78, 5) is 13.9. The van der Waals surface area contributed by atoms with E-state index in [2.05, 4.69) is 10.2 Å². The highest BCUT2D eigenvalue weighted by atomic mass is 16.4. The summed E-state index contributed by atoms with van der Waals surface area (Å²) in [5.74, 6) is 2.55. The molecule has 0 unspecified atom stereocenters. The molecule has 0 fully saturated rings. The summed E-state index contributed by atoms with van der Waals surface area (Å²) in [6, 6.07) is 11.6. The summed E-state index contributed by atoms with van der Waals surface area (Å²) in [7, 11) is 1.76. The van der Waals surface area contributed by atoms with Crippen LogP contribution in [0.5, 0.6) is 0 Å². The van der Waals surface area contributed by atoms with Crippen molar-refractivity contribution in [2.45, 2.75) is 33.2 Å². The van der Waals surface area contributed by atoms with Crippen LogP contribution in [0.4, 0.5) is 0 Å². The predicted molar refractivity (Wildman–Crippen MR) is 92.7 cm³/mol. The van der Waals surface area contributed by atoms with Gasteiger partial charge >= 0.3 is 0 Å². The van der Waals surface area contributed by atoms with E-state index in [9.17, 15) is 4.79 Å². The van der Waals surface area contributed by atoms with Gasteiger partial charge in [-0.3, -0.25) is 4.79 Å². The molecule has 25 heavy (non-hydrogen) atoms. The number of carbonyl (C=O) groups excluding carboxylic acids is 1. The van der Waals surface area contributed by atoms with Crippen molar-refractivity contribution in [2.75, 3.05) is 7.05 Å². The Kier molecular flexibility index (Phi) is 4.97. The second-order valence-electron chi connectivity index (χ2n) is 6.13. The molecule has 2 heterocycles. The molecule has 0 saturated carbocycles. The van der Waals surface area contributed by atoms with E-state index in [0.717, 1.165) is 17.1 Å². The monoisotopic (exact) mass is 339 g/mol. The van der Waals surface area contributed by atoms with Gasteiger partial charge in [-0.2, -0.15) is 0 Å². The summed E-state index contributed by atoms with van der Waals surface area (Å²) in [5.41, 5.74) is 2.05. The maximum Gasteiger partial charge on any atom is 0.247 e. The normalized spacial score (nSPS) is 10.8. The highest BCUT2D eigenvalue weighted by molar-refractivity contribution is 5.75. The maximum atomic E-state index is 12.2. The molecule has 0 saturated heterocycles. The number of aryl methyl sites for hydroxylation is 3. The highest BCUT2D eigenvalue weighted by Crippen LogP contribution is 2.19. The summed E-state index contributed by atoms with van der Waals surface area (Å²) >= 11 is 0. The van der Waals surface area contributed by atoms with Crippen LogP contribution < -0.4 is 0 Å². The fraction of sp³-hybridized carbons (Fsp3) is 0.316. The molecule has 0 atom stereocenters. The van der Waals surface area contributed by atoms with Crippen LogP contribution in [0.1, 0.15) is 29.4 Å². The molecule has 1 aromatic carbocycles. The lowest BCUT2D eigenvalue weighted by atomic mass is 10.1. The fourth-order valence-electron chi connectivity index (χ4n) is 2.46. The number of benzene rings is 1. The Morgan fingerprint density at radius 2 is 1.80 bits per heavy atom. The topological polar surface area (TPSA) is 72.4 Å². The van der Waals surface area contributed by atoms with Gasteiger partial charge in [-0.25, -0.2) is 0 Å². The van der Waals surface area contributed by atoms with Gasteiger partial charge in [0.1, 0.15) is 11.5 Å². The number of hydrogen-bond donors (Lipinski definition) is 0. The molecular formula is C19H21N3O3. The Hall–Kier alpha value is -2.89. The number of hydrogen-bond acceptors (Lipinski definition) is 5. The smallest absolute Gasteiger partial charge is 0.247 e. The van der Waals surface area contributed by atoms with Crippen LogP contribution in [-0.4, -0.2) is 28.1 Å². The van der Waals surface area contributed by atoms with Crippen molar-refractivity contribution < 1.29 is 13.6 Å². The summed E-state index contributed by atoms with van der Waals surface area (Å²) in [6.07, 6.45) is 0.727. The first-order chi connectivity index (χ1) is 12.0. The van der Waals surface area contributed by atoms with E-state index in [1.54, 1.807) is 11.9 Å². The molecule has 3 aromatic rings. The average molecular weight is 339 g/mol. The van der Waals surface area contributed by atoms with Crippen LogP contribution in [0, 0.1) is 13.8 Å². The van der Waals surface area contributed by atoms with Gasteiger partial charge in [0, 0.05) is 25.5 Å². The molecule has 0 bridgehead atoms. The predicted octanol–water partition coefficient (Wildman–Crippen LogP) is 3.54. The van der Waals surface area contributed by atoms with E-state index in [4.69, 9.17) is 8.83 Å². The molecular weight excluding hydrogens is 318 g/mol. The van der Waals surface area contributed by atoms with Crippen LogP contribution in [0.25, 0.3) is 11.5 Å². The van der Waals surface area contributed by atoms with Crippen molar-refractivity contribution in [3.8, 4) is 11.5 Å². The molecule has 6 heteroatoms. The second-order valence-corrected chi connectivity index (χ2v) is 6.13. The third-order valence-corrected chi connectivity index (χ3v) is 3.93. The van der Waals surface area contributed by atoms with Gasteiger partial charge in [0.25, 0.3) is 0 Å². The molecule has 6 nitrogen and oxygen atoms in total. The number of amides is 1. The van der Waals surface area contributed by atoms with Gasteiger partial charge in [0.2, 0.25) is 17.7 Å². The molecule has 0 aliphatic carbocycles. The first-order valence-corrected chi connectivity index (χ1v) is 8.20. The minimum atomic E-state index is 0.00383. The fourth-order valence-corrected chi connectivity index (χ4v) is 2.46.